The first-order chi connectivity index (χ1) is 14.6. The number of nitrogens with zero attached hydrogens (tertiary/aromatic N) is 4. The van der Waals surface area contributed by atoms with Crippen LogP contribution >= 0.6 is 0 Å². The third-order valence-corrected chi connectivity index (χ3v) is 6.42. The van der Waals surface area contributed by atoms with Crippen molar-refractivity contribution in [3.05, 3.63) is 53.2 Å². The van der Waals surface area contributed by atoms with Crippen molar-refractivity contribution in [3.63, 3.8) is 0 Å². The molecule has 0 spiro atoms. The number of nitrogen functional groups attached to an aromatic ring is 1. The molecule has 2 aliphatic rings. The SMILES string of the molecule is N#Cc1cccc2c1NC(c1nc(C3CCC(C(=O)O)CC3)n3ccnc(N)c13)C2. The van der Waals surface area contributed by atoms with Crippen molar-refractivity contribution >= 4 is 23.0 Å². The van der Waals surface area contributed by atoms with Gasteiger partial charge in [-0.15, -0.1) is 0 Å². The van der Waals surface area contributed by atoms with Crippen molar-refractivity contribution in [2.45, 2.75) is 44.1 Å². The molecule has 2 aromatic heterocycles. The highest BCUT2D eigenvalue weighted by Crippen LogP contribution is 2.41. The van der Waals surface area contributed by atoms with Crippen molar-refractivity contribution < 1.29 is 9.90 Å². The highest BCUT2D eigenvalue weighted by Gasteiger charge is 2.33. The van der Waals surface area contributed by atoms with E-state index in [1.807, 2.05) is 28.8 Å². The third-order valence-electron chi connectivity index (χ3n) is 6.42. The molecule has 1 aromatic carbocycles. The summed E-state index contributed by atoms with van der Waals surface area (Å²) in [6.45, 7) is 0. The van der Waals surface area contributed by atoms with Gasteiger partial charge in [-0.25, -0.2) is 9.97 Å². The van der Waals surface area contributed by atoms with Crippen LogP contribution in [0, 0.1) is 17.2 Å². The summed E-state index contributed by atoms with van der Waals surface area (Å²) in [7, 11) is 0. The number of carbonyl (C=O) groups is 1. The number of nitrogens with one attached hydrogen (secondary N) is 1. The maximum Gasteiger partial charge on any atom is 0.306 e. The van der Waals surface area contributed by atoms with Gasteiger partial charge < -0.3 is 16.2 Å². The van der Waals surface area contributed by atoms with Crippen LogP contribution in [0.4, 0.5) is 11.5 Å². The zero-order valence-corrected chi connectivity index (χ0v) is 16.4. The predicted molar refractivity (Wildman–Crippen MR) is 111 cm³/mol. The van der Waals surface area contributed by atoms with E-state index >= 15 is 0 Å². The topological polar surface area (TPSA) is 129 Å². The molecule has 1 aliphatic heterocycles. The van der Waals surface area contributed by atoms with Gasteiger partial charge in [0.15, 0.2) is 0 Å². The van der Waals surface area contributed by atoms with Crippen LogP contribution in [0.2, 0.25) is 0 Å². The summed E-state index contributed by atoms with van der Waals surface area (Å²) in [5.74, 6) is 0.535. The van der Waals surface area contributed by atoms with Crippen LogP contribution in [-0.4, -0.2) is 25.4 Å². The van der Waals surface area contributed by atoms with E-state index < -0.39 is 5.97 Å². The molecule has 0 radical (unpaired) electrons. The molecule has 30 heavy (non-hydrogen) atoms. The number of benzene rings is 1. The lowest BCUT2D eigenvalue weighted by Crippen LogP contribution is -2.21. The van der Waals surface area contributed by atoms with E-state index in [9.17, 15) is 15.2 Å². The molecule has 8 nitrogen and oxygen atoms in total. The predicted octanol–water partition coefficient (Wildman–Crippen LogP) is 3.25. The lowest BCUT2D eigenvalue weighted by molar-refractivity contribution is -0.142. The number of carboxylic acid groups (broad SMARTS) is 1. The molecular formula is C22H22N6O2. The summed E-state index contributed by atoms with van der Waals surface area (Å²) >= 11 is 0. The molecular weight excluding hydrogens is 380 g/mol. The van der Waals surface area contributed by atoms with E-state index in [1.165, 1.54) is 0 Å². The number of para-hydroxylation sites is 1. The number of nitrogens with two attached hydrogens (primary N) is 1. The first kappa shape index (κ1) is 18.4. The lowest BCUT2D eigenvalue weighted by Gasteiger charge is -2.25. The lowest BCUT2D eigenvalue weighted by atomic mass is 9.81. The number of hydrogen-bond acceptors (Lipinski definition) is 6. The Morgan fingerprint density at radius 2 is 2.10 bits per heavy atom. The number of carboxylic acids is 1. The minimum atomic E-state index is -0.711. The van der Waals surface area contributed by atoms with Crippen LogP contribution < -0.4 is 11.1 Å². The molecule has 5 rings (SSSR count). The van der Waals surface area contributed by atoms with Gasteiger partial charge in [0.25, 0.3) is 0 Å². The summed E-state index contributed by atoms with van der Waals surface area (Å²) in [5.41, 5.74) is 10.4. The molecule has 1 saturated carbocycles. The van der Waals surface area contributed by atoms with E-state index in [1.54, 1.807) is 6.20 Å². The van der Waals surface area contributed by atoms with Crippen LogP contribution in [0.15, 0.2) is 30.6 Å². The van der Waals surface area contributed by atoms with E-state index in [0.717, 1.165) is 47.5 Å². The normalized spacial score (nSPS) is 23.0. The summed E-state index contributed by atoms with van der Waals surface area (Å²) in [6.07, 6.45) is 7.15. The van der Waals surface area contributed by atoms with Crippen LogP contribution in [-0.2, 0) is 11.2 Å². The monoisotopic (exact) mass is 402 g/mol. The van der Waals surface area contributed by atoms with Crippen LogP contribution in [0.5, 0.6) is 0 Å². The molecule has 1 unspecified atom stereocenters. The summed E-state index contributed by atoms with van der Waals surface area (Å²) in [4.78, 5) is 20.6. The van der Waals surface area contributed by atoms with Gasteiger partial charge in [0.2, 0.25) is 0 Å². The average molecular weight is 402 g/mol. The van der Waals surface area contributed by atoms with E-state index in [0.29, 0.717) is 24.2 Å². The first-order valence-corrected chi connectivity index (χ1v) is 10.2. The minimum Gasteiger partial charge on any atom is -0.481 e. The molecule has 0 amide bonds. The van der Waals surface area contributed by atoms with Gasteiger partial charge in [-0.3, -0.25) is 9.20 Å². The number of aliphatic carboxylic acids is 1. The Labute approximate surface area is 173 Å². The third kappa shape index (κ3) is 2.86. The molecule has 0 bridgehead atoms. The van der Waals surface area contributed by atoms with Crippen LogP contribution in [0.1, 0.15) is 60.3 Å². The second-order valence-electron chi connectivity index (χ2n) is 8.13. The van der Waals surface area contributed by atoms with Crippen LogP contribution in [0.3, 0.4) is 0 Å². The van der Waals surface area contributed by atoms with Crippen LogP contribution in [0.25, 0.3) is 5.52 Å². The minimum absolute atomic E-state index is 0.0971. The second kappa shape index (κ2) is 7.02. The molecule has 1 aliphatic carbocycles. The fraction of sp³-hybridized carbons (Fsp3) is 0.364. The summed E-state index contributed by atoms with van der Waals surface area (Å²) < 4.78 is 2.01. The number of rotatable bonds is 3. The molecule has 4 N–H and O–H groups in total. The Bertz CT molecular complexity index is 1190. The average Bonchev–Trinajstić information content (AvgIpc) is 3.36. The number of imidazole rings is 1. The van der Waals surface area contributed by atoms with Gasteiger partial charge in [0.1, 0.15) is 23.2 Å². The van der Waals surface area contributed by atoms with Gasteiger partial charge in [-0.05, 0) is 37.3 Å². The molecule has 3 heterocycles. The van der Waals surface area contributed by atoms with Crippen molar-refractivity contribution in [1.82, 2.24) is 14.4 Å². The standard InChI is InChI=1S/C22H22N6O2/c23-11-15-3-1-2-14-10-16(26-17(14)15)18-19-20(24)25-8-9-28(19)21(27-18)12-4-6-13(7-5-12)22(29)30/h1-3,8-9,12-13,16,26H,4-7,10H2,(H2,24,25)(H,29,30). The fourth-order valence-corrected chi connectivity index (χ4v) is 4.89. The van der Waals surface area contributed by atoms with Gasteiger partial charge in [0, 0.05) is 24.7 Å². The van der Waals surface area contributed by atoms with E-state index in [2.05, 4.69) is 16.4 Å². The highest BCUT2D eigenvalue weighted by molar-refractivity contribution is 5.74. The number of hydrogen-bond donors (Lipinski definition) is 3. The largest absolute Gasteiger partial charge is 0.481 e. The smallest absolute Gasteiger partial charge is 0.306 e. The van der Waals surface area contributed by atoms with Gasteiger partial charge in [0.05, 0.1) is 28.9 Å². The molecule has 1 atom stereocenters. The Balaban J connectivity index is 1.53. The molecule has 3 aromatic rings. The maximum atomic E-state index is 11.3. The molecule has 152 valence electrons. The molecule has 0 saturated heterocycles. The van der Waals surface area contributed by atoms with Gasteiger partial charge in [-0.2, -0.15) is 5.26 Å². The van der Waals surface area contributed by atoms with Crippen molar-refractivity contribution in [2.75, 3.05) is 11.1 Å². The maximum absolute atomic E-state index is 11.3. The van der Waals surface area contributed by atoms with Crippen molar-refractivity contribution in [1.29, 1.82) is 5.26 Å². The Kier molecular flexibility index (Phi) is 4.31. The second-order valence-corrected chi connectivity index (χ2v) is 8.13. The molecule has 1 fully saturated rings. The Morgan fingerprint density at radius 1 is 1.30 bits per heavy atom. The summed E-state index contributed by atoms with van der Waals surface area (Å²) in [5, 5.41) is 22.2. The Morgan fingerprint density at radius 3 is 2.83 bits per heavy atom. The zero-order valence-electron chi connectivity index (χ0n) is 16.4. The zero-order chi connectivity index (χ0) is 20.8. The van der Waals surface area contributed by atoms with Gasteiger partial charge >= 0.3 is 5.97 Å². The first-order valence-electron chi connectivity index (χ1n) is 10.2. The quantitative estimate of drug-likeness (QED) is 0.613. The number of anilines is 2. The summed E-state index contributed by atoms with van der Waals surface area (Å²) in [6, 6.07) is 7.88. The van der Waals surface area contributed by atoms with E-state index in [-0.39, 0.29) is 17.9 Å². The van der Waals surface area contributed by atoms with Gasteiger partial charge in [-0.1, -0.05) is 12.1 Å². The van der Waals surface area contributed by atoms with E-state index in [4.69, 9.17) is 10.7 Å². The van der Waals surface area contributed by atoms with Crippen molar-refractivity contribution in [3.8, 4) is 6.07 Å². The van der Waals surface area contributed by atoms with Crippen molar-refractivity contribution in [2.24, 2.45) is 5.92 Å². The number of nitriles is 1. The number of aromatic nitrogens is 3. The fourth-order valence-electron chi connectivity index (χ4n) is 4.89. The highest BCUT2D eigenvalue weighted by atomic mass is 16.4. The Hall–Kier alpha value is -3.60. The number of fused-ring (bicyclic) bond motifs is 2. The molecule has 8 heteroatoms.